The van der Waals surface area contributed by atoms with Crippen LogP contribution in [0.1, 0.15) is 26.7 Å². The van der Waals surface area contributed by atoms with Crippen LogP contribution in [-0.2, 0) is 28.6 Å². The number of rotatable bonds is 4. The molecular formula is C16H20O6. The van der Waals surface area contributed by atoms with Gasteiger partial charge in [-0.15, -0.1) is 0 Å². The average Bonchev–Trinajstić information content (AvgIpc) is 3.00. The third-order valence-electron chi connectivity index (χ3n) is 5.43. The molecule has 0 aromatic carbocycles. The Morgan fingerprint density at radius 2 is 2.18 bits per heavy atom. The van der Waals surface area contributed by atoms with Gasteiger partial charge in [0, 0.05) is 23.8 Å². The van der Waals surface area contributed by atoms with Gasteiger partial charge in [-0.1, -0.05) is 20.4 Å². The van der Waals surface area contributed by atoms with E-state index in [1.165, 1.54) is 0 Å². The summed E-state index contributed by atoms with van der Waals surface area (Å²) in [7, 11) is 0. The molecule has 1 heterocycles. The van der Waals surface area contributed by atoms with Crippen molar-refractivity contribution in [3.63, 3.8) is 0 Å². The van der Waals surface area contributed by atoms with Crippen molar-refractivity contribution in [1.29, 1.82) is 0 Å². The molecule has 3 fully saturated rings. The van der Waals surface area contributed by atoms with E-state index in [1.54, 1.807) is 0 Å². The standard InChI is InChI=1S/C16H20O6/c1-4-11(17)20-7-13(19)21-10-6-9-15-8(5-12(18)22-15)14(10)16(9,2)3/h4,8-10,14-15H,1,5-7H2,2-3H3. The molecule has 0 amide bonds. The third-order valence-corrected chi connectivity index (χ3v) is 5.43. The van der Waals surface area contributed by atoms with Crippen LogP contribution >= 0.6 is 0 Å². The van der Waals surface area contributed by atoms with Crippen molar-refractivity contribution >= 4 is 17.9 Å². The fraction of sp³-hybridized carbons (Fsp3) is 0.688. The van der Waals surface area contributed by atoms with Crippen molar-refractivity contribution in [2.24, 2.45) is 23.2 Å². The highest BCUT2D eigenvalue weighted by Crippen LogP contribution is 2.64. The lowest BCUT2D eigenvalue weighted by Gasteiger charge is -2.30. The minimum atomic E-state index is -0.653. The zero-order chi connectivity index (χ0) is 16.1. The lowest BCUT2D eigenvalue weighted by molar-refractivity contribution is -0.164. The Hall–Kier alpha value is -1.85. The van der Waals surface area contributed by atoms with Gasteiger partial charge in [-0.3, -0.25) is 4.79 Å². The van der Waals surface area contributed by atoms with E-state index in [0.29, 0.717) is 12.8 Å². The molecule has 3 aliphatic rings. The molecule has 2 bridgehead atoms. The van der Waals surface area contributed by atoms with Crippen molar-refractivity contribution in [3.8, 4) is 0 Å². The number of esters is 3. The van der Waals surface area contributed by atoms with Crippen LogP contribution < -0.4 is 0 Å². The van der Waals surface area contributed by atoms with Gasteiger partial charge in [0.1, 0.15) is 12.2 Å². The summed E-state index contributed by atoms with van der Waals surface area (Å²) >= 11 is 0. The molecule has 6 heteroatoms. The van der Waals surface area contributed by atoms with Crippen LogP contribution in [0.5, 0.6) is 0 Å². The highest BCUT2D eigenvalue weighted by atomic mass is 16.6. The van der Waals surface area contributed by atoms with Crippen LogP contribution in [-0.4, -0.2) is 36.7 Å². The largest absolute Gasteiger partial charge is 0.462 e. The van der Waals surface area contributed by atoms with Crippen molar-refractivity contribution in [1.82, 2.24) is 0 Å². The molecule has 1 saturated heterocycles. The summed E-state index contributed by atoms with van der Waals surface area (Å²) in [6, 6.07) is 0. The summed E-state index contributed by atoms with van der Waals surface area (Å²) in [5.41, 5.74) is -0.0290. The SMILES string of the molecule is C=CC(=O)OCC(=O)OC1CC2C3OC(=O)CC3C1C2(C)C. The summed E-state index contributed by atoms with van der Waals surface area (Å²) < 4.78 is 15.6. The zero-order valence-electron chi connectivity index (χ0n) is 12.7. The highest BCUT2D eigenvalue weighted by molar-refractivity contribution is 5.83. The molecule has 120 valence electrons. The molecule has 0 N–H and O–H groups in total. The minimum Gasteiger partial charge on any atom is -0.462 e. The van der Waals surface area contributed by atoms with E-state index >= 15 is 0 Å². The fourth-order valence-corrected chi connectivity index (χ4v) is 4.63. The lowest BCUT2D eigenvalue weighted by atomic mass is 9.78. The number of hydrogen-bond acceptors (Lipinski definition) is 6. The molecule has 0 aromatic heterocycles. The first-order valence-corrected chi connectivity index (χ1v) is 7.52. The van der Waals surface area contributed by atoms with E-state index in [0.717, 1.165) is 6.08 Å². The molecule has 22 heavy (non-hydrogen) atoms. The summed E-state index contributed by atoms with van der Waals surface area (Å²) in [5, 5.41) is 0. The van der Waals surface area contributed by atoms with E-state index < -0.39 is 18.5 Å². The quantitative estimate of drug-likeness (QED) is 0.441. The normalized spacial score (nSPS) is 37.4. The first kappa shape index (κ1) is 15.1. The van der Waals surface area contributed by atoms with E-state index in [-0.39, 0.29) is 41.3 Å². The van der Waals surface area contributed by atoms with Crippen molar-refractivity contribution in [3.05, 3.63) is 12.7 Å². The van der Waals surface area contributed by atoms with Gasteiger partial charge in [-0.05, 0) is 11.8 Å². The molecule has 2 aliphatic carbocycles. The summed E-state index contributed by atoms with van der Waals surface area (Å²) in [4.78, 5) is 34.3. The topological polar surface area (TPSA) is 78.9 Å². The second-order valence-corrected chi connectivity index (χ2v) is 6.85. The predicted molar refractivity (Wildman–Crippen MR) is 74.4 cm³/mol. The van der Waals surface area contributed by atoms with E-state index in [2.05, 4.69) is 25.2 Å². The first-order chi connectivity index (χ1) is 10.3. The molecule has 5 unspecified atom stereocenters. The molecule has 0 radical (unpaired) electrons. The van der Waals surface area contributed by atoms with E-state index in [1.807, 2.05) is 0 Å². The maximum atomic E-state index is 11.8. The smallest absolute Gasteiger partial charge is 0.344 e. The second kappa shape index (κ2) is 5.11. The number of hydrogen-bond donors (Lipinski definition) is 0. The van der Waals surface area contributed by atoms with Crippen LogP contribution in [0, 0.1) is 23.2 Å². The number of carbonyl (C=O) groups is 3. The van der Waals surface area contributed by atoms with Crippen molar-refractivity contribution < 1.29 is 28.6 Å². The number of carbonyl (C=O) groups excluding carboxylic acids is 3. The highest BCUT2D eigenvalue weighted by Gasteiger charge is 2.67. The van der Waals surface area contributed by atoms with Crippen LogP contribution in [0.15, 0.2) is 12.7 Å². The van der Waals surface area contributed by atoms with Gasteiger partial charge in [0.2, 0.25) is 0 Å². The second-order valence-electron chi connectivity index (χ2n) is 6.85. The molecule has 2 saturated carbocycles. The van der Waals surface area contributed by atoms with Gasteiger partial charge in [0.25, 0.3) is 0 Å². The molecule has 1 aliphatic heterocycles. The Balaban J connectivity index is 1.65. The molecule has 6 nitrogen and oxygen atoms in total. The molecule has 5 atom stereocenters. The predicted octanol–water partition coefficient (Wildman–Crippen LogP) is 1.23. The van der Waals surface area contributed by atoms with Gasteiger partial charge in [0.05, 0.1) is 6.42 Å². The molecule has 3 rings (SSSR count). The van der Waals surface area contributed by atoms with Gasteiger partial charge >= 0.3 is 17.9 Å². The molecule has 0 aromatic rings. The first-order valence-electron chi connectivity index (χ1n) is 7.52. The van der Waals surface area contributed by atoms with Gasteiger partial charge in [0.15, 0.2) is 6.61 Å². The maximum Gasteiger partial charge on any atom is 0.344 e. The molecular weight excluding hydrogens is 288 g/mol. The van der Waals surface area contributed by atoms with Crippen LogP contribution in [0.2, 0.25) is 0 Å². The van der Waals surface area contributed by atoms with Crippen molar-refractivity contribution in [2.75, 3.05) is 6.61 Å². The summed E-state index contributed by atoms with van der Waals surface area (Å²) in [6.45, 7) is 7.13. The Labute approximate surface area is 128 Å². The minimum absolute atomic E-state index is 0.0290. The fourth-order valence-electron chi connectivity index (χ4n) is 4.63. The third kappa shape index (κ3) is 2.21. The summed E-state index contributed by atoms with van der Waals surface area (Å²) in [5.74, 6) is -0.942. The van der Waals surface area contributed by atoms with Crippen LogP contribution in [0.3, 0.4) is 0 Å². The Kier molecular flexibility index (Phi) is 3.50. The Morgan fingerprint density at radius 3 is 2.86 bits per heavy atom. The maximum absolute atomic E-state index is 11.8. The Morgan fingerprint density at radius 1 is 1.45 bits per heavy atom. The Bertz CT molecular complexity index is 537. The van der Waals surface area contributed by atoms with E-state index in [9.17, 15) is 14.4 Å². The number of fused-ring (bicyclic) bond motifs is 5. The average molecular weight is 308 g/mol. The van der Waals surface area contributed by atoms with Gasteiger partial charge in [-0.2, -0.15) is 0 Å². The number of ether oxygens (including phenoxy) is 3. The van der Waals surface area contributed by atoms with Crippen LogP contribution in [0.4, 0.5) is 0 Å². The zero-order valence-corrected chi connectivity index (χ0v) is 12.7. The van der Waals surface area contributed by atoms with Crippen molar-refractivity contribution in [2.45, 2.75) is 38.9 Å². The van der Waals surface area contributed by atoms with Gasteiger partial charge in [-0.25, -0.2) is 9.59 Å². The van der Waals surface area contributed by atoms with E-state index in [4.69, 9.17) is 9.47 Å². The monoisotopic (exact) mass is 308 g/mol. The lowest BCUT2D eigenvalue weighted by Crippen LogP contribution is -2.36. The van der Waals surface area contributed by atoms with Crippen LogP contribution in [0.25, 0.3) is 0 Å². The molecule has 0 spiro atoms. The van der Waals surface area contributed by atoms with Gasteiger partial charge < -0.3 is 14.2 Å². The summed E-state index contributed by atoms with van der Waals surface area (Å²) in [6.07, 6.45) is 1.80.